The lowest BCUT2D eigenvalue weighted by Gasteiger charge is -2.13. The molecule has 0 radical (unpaired) electrons. The van der Waals surface area contributed by atoms with Crippen molar-refractivity contribution in [1.29, 1.82) is 0 Å². The molecule has 0 spiro atoms. The van der Waals surface area contributed by atoms with E-state index >= 15 is 0 Å². The third-order valence-corrected chi connectivity index (χ3v) is 4.03. The van der Waals surface area contributed by atoms with Gasteiger partial charge in [0.2, 0.25) is 0 Å². The molecule has 1 N–H and O–H groups in total. The van der Waals surface area contributed by atoms with Gasteiger partial charge >= 0.3 is 0 Å². The van der Waals surface area contributed by atoms with Crippen molar-refractivity contribution in [3.8, 4) is 16.9 Å². The molecule has 0 bridgehead atoms. The zero-order chi connectivity index (χ0) is 16.8. The average molecular weight is 315 g/mol. The number of ether oxygens (including phenoxy) is 1. The number of para-hydroxylation sites is 1. The van der Waals surface area contributed by atoms with Gasteiger partial charge in [-0.25, -0.2) is 0 Å². The van der Waals surface area contributed by atoms with Crippen molar-refractivity contribution in [2.45, 2.75) is 6.54 Å². The Bertz CT molecular complexity index is 807. The highest BCUT2D eigenvalue weighted by Gasteiger charge is 2.04. The Morgan fingerprint density at radius 3 is 2.17 bits per heavy atom. The maximum atomic E-state index is 5.38. The zero-order valence-electron chi connectivity index (χ0n) is 13.8. The van der Waals surface area contributed by atoms with Gasteiger partial charge in [0.05, 0.1) is 7.11 Å². The van der Waals surface area contributed by atoms with Crippen LogP contribution in [0, 0.1) is 0 Å². The summed E-state index contributed by atoms with van der Waals surface area (Å²) in [6.45, 7) is 4.83. The van der Waals surface area contributed by atoms with Crippen molar-refractivity contribution in [3.63, 3.8) is 0 Å². The van der Waals surface area contributed by atoms with E-state index in [4.69, 9.17) is 4.74 Å². The van der Waals surface area contributed by atoms with Gasteiger partial charge in [-0.1, -0.05) is 79.4 Å². The van der Waals surface area contributed by atoms with Gasteiger partial charge in [-0.3, -0.25) is 0 Å². The molecule has 3 aromatic carbocycles. The number of nitrogens with one attached hydrogen (secondary N) is 1. The van der Waals surface area contributed by atoms with E-state index in [-0.39, 0.29) is 0 Å². The molecule has 0 unspecified atom stereocenters. The van der Waals surface area contributed by atoms with E-state index in [2.05, 4.69) is 66.5 Å². The summed E-state index contributed by atoms with van der Waals surface area (Å²) in [7, 11) is 1.69. The SMILES string of the molecule is C=C(NCc1ccccc1OC)c1ccc(-c2ccccc2)cc1. The maximum Gasteiger partial charge on any atom is 0.123 e. The van der Waals surface area contributed by atoms with E-state index in [1.807, 2.05) is 24.3 Å². The molecule has 2 heteroatoms. The molecular formula is C22H21NO. The number of methoxy groups -OCH3 is 1. The molecule has 0 fully saturated rings. The number of benzene rings is 3. The fraction of sp³-hybridized carbons (Fsp3) is 0.0909. The average Bonchev–Trinajstić information content (AvgIpc) is 2.67. The molecule has 0 heterocycles. The minimum Gasteiger partial charge on any atom is -0.496 e. The van der Waals surface area contributed by atoms with Gasteiger partial charge < -0.3 is 10.1 Å². The van der Waals surface area contributed by atoms with Crippen molar-refractivity contribution in [2.24, 2.45) is 0 Å². The van der Waals surface area contributed by atoms with Gasteiger partial charge in [-0.05, 0) is 22.8 Å². The third kappa shape index (κ3) is 3.66. The lowest BCUT2D eigenvalue weighted by molar-refractivity contribution is 0.409. The second kappa shape index (κ2) is 7.51. The first kappa shape index (κ1) is 15.9. The highest BCUT2D eigenvalue weighted by molar-refractivity contribution is 5.68. The van der Waals surface area contributed by atoms with Crippen molar-refractivity contribution in [3.05, 3.63) is 96.6 Å². The van der Waals surface area contributed by atoms with Gasteiger partial charge in [0.15, 0.2) is 0 Å². The summed E-state index contributed by atoms with van der Waals surface area (Å²) in [5.74, 6) is 0.886. The molecule has 0 atom stereocenters. The van der Waals surface area contributed by atoms with E-state index in [0.717, 1.165) is 22.6 Å². The van der Waals surface area contributed by atoms with Crippen LogP contribution in [-0.2, 0) is 6.54 Å². The first-order valence-corrected chi connectivity index (χ1v) is 7.98. The molecule has 3 aromatic rings. The van der Waals surface area contributed by atoms with Crippen LogP contribution in [0.4, 0.5) is 0 Å². The minimum atomic E-state index is 0.684. The Balaban J connectivity index is 1.67. The fourth-order valence-corrected chi connectivity index (χ4v) is 2.65. The standard InChI is InChI=1S/C22H21NO/c1-17(23-16-21-10-6-7-11-22(21)24-2)18-12-14-20(15-13-18)19-8-4-3-5-9-19/h3-15,23H,1,16H2,2H3. The fourth-order valence-electron chi connectivity index (χ4n) is 2.65. The summed E-state index contributed by atoms with van der Waals surface area (Å²) in [6, 6.07) is 26.8. The van der Waals surface area contributed by atoms with Crippen molar-refractivity contribution < 1.29 is 4.74 Å². The topological polar surface area (TPSA) is 21.3 Å². The Morgan fingerprint density at radius 1 is 0.833 bits per heavy atom. The van der Waals surface area contributed by atoms with Crippen LogP contribution in [-0.4, -0.2) is 7.11 Å². The van der Waals surface area contributed by atoms with Crippen molar-refractivity contribution in [1.82, 2.24) is 5.32 Å². The van der Waals surface area contributed by atoms with Crippen LogP contribution in [0.3, 0.4) is 0 Å². The van der Waals surface area contributed by atoms with Gasteiger partial charge in [-0.15, -0.1) is 0 Å². The molecule has 0 amide bonds. The first-order chi connectivity index (χ1) is 11.8. The molecule has 0 aliphatic rings. The molecule has 3 rings (SSSR count). The number of rotatable bonds is 6. The van der Waals surface area contributed by atoms with Crippen LogP contribution in [0.1, 0.15) is 11.1 Å². The van der Waals surface area contributed by atoms with Crippen LogP contribution < -0.4 is 10.1 Å². The maximum absolute atomic E-state index is 5.38. The third-order valence-electron chi connectivity index (χ3n) is 4.03. The Morgan fingerprint density at radius 2 is 1.46 bits per heavy atom. The monoisotopic (exact) mass is 315 g/mol. The molecule has 0 aliphatic carbocycles. The number of hydrogen-bond donors (Lipinski definition) is 1. The normalized spacial score (nSPS) is 10.2. The van der Waals surface area contributed by atoms with E-state index in [1.54, 1.807) is 7.11 Å². The van der Waals surface area contributed by atoms with Crippen LogP contribution >= 0.6 is 0 Å². The van der Waals surface area contributed by atoms with Gasteiger partial charge in [-0.2, -0.15) is 0 Å². The summed E-state index contributed by atoms with van der Waals surface area (Å²) in [5, 5.41) is 3.37. The Hall–Kier alpha value is -3.00. The molecule has 0 aromatic heterocycles. The second-order valence-corrected chi connectivity index (χ2v) is 5.59. The van der Waals surface area contributed by atoms with E-state index in [0.29, 0.717) is 6.54 Å². The summed E-state index contributed by atoms with van der Waals surface area (Å²) < 4.78 is 5.38. The highest BCUT2D eigenvalue weighted by atomic mass is 16.5. The molecule has 2 nitrogen and oxygen atoms in total. The molecule has 0 saturated heterocycles. The van der Waals surface area contributed by atoms with E-state index in [1.165, 1.54) is 11.1 Å². The van der Waals surface area contributed by atoms with Crippen molar-refractivity contribution in [2.75, 3.05) is 7.11 Å². The summed E-state index contributed by atoms with van der Waals surface area (Å²) >= 11 is 0. The van der Waals surface area contributed by atoms with Crippen molar-refractivity contribution >= 4 is 5.70 Å². The second-order valence-electron chi connectivity index (χ2n) is 5.59. The molecule has 120 valence electrons. The van der Waals surface area contributed by atoms with Crippen LogP contribution in [0.2, 0.25) is 0 Å². The summed E-state index contributed by atoms with van der Waals surface area (Å²) in [6.07, 6.45) is 0. The Labute approximate surface area is 143 Å². The molecular weight excluding hydrogens is 294 g/mol. The van der Waals surface area contributed by atoms with Crippen LogP contribution in [0.15, 0.2) is 85.4 Å². The van der Waals surface area contributed by atoms with E-state index < -0.39 is 0 Å². The van der Waals surface area contributed by atoms with Gasteiger partial charge in [0.1, 0.15) is 5.75 Å². The highest BCUT2D eigenvalue weighted by Crippen LogP contribution is 2.22. The van der Waals surface area contributed by atoms with Crippen LogP contribution in [0.25, 0.3) is 16.8 Å². The Kier molecular flexibility index (Phi) is 4.97. The predicted molar refractivity (Wildman–Crippen MR) is 101 cm³/mol. The number of hydrogen-bond acceptors (Lipinski definition) is 2. The zero-order valence-corrected chi connectivity index (χ0v) is 13.8. The quantitative estimate of drug-likeness (QED) is 0.681. The summed E-state index contributed by atoms with van der Waals surface area (Å²) in [4.78, 5) is 0. The molecule has 24 heavy (non-hydrogen) atoms. The summed E-state index contributed by atoms with van der Waals surface area (Å²) in [5.41, 5.74) is 5.53. The first-order valence-electron chi connectivity index (χ1n) is 7.98. The van der Waals surface area contributed by atoms with Gasteiger partial charge in [0.25, 0.3) is 0 Å². The molecule has 0 saturated carbocycles. The van der Waals surface area contributed by atoms with Crippen LogP contribution in [0.5, 0.6) is 5.75 Å². The smallest absolute Gasteiger partial charge is 0.123 e. The lowest BCUT2D eigenvalue weighted by Crippen LogP contribution is -2.11. The largest absolute Gasteiger partial charge is 0.496 e. The predicted octanol–water partition coefficient (Wildman–Crippen LogP) is 5.12. The van der Waals surface area contributed by atoms with Gasteiger partial charge in [0, 0.05) is 17.8 Å². The lowest BCUT2D eigenvalue weighted by atomic mass is 10.0. The minimum absolute atomic E-state index is 0.684. The molecule has 0 aliphatic heterocycles. The van der Waals surface area contributed by atoms with E-state index in [9.17, 15) is 0 Å².